The second-order valence-corrected chi connectivity index (χ2v) is 8.05. The molecule has 1 aliphatic heterocycles. The number of nitrogens with zero attached hydrogens (tertiary/aromatic N) is 3. The maximum absolute atomic E-state index is 12.6. The molecule has 1 spiro atoms. The molecule has 0 unspecified atom stereocenters. The molecule has 1 atom stereocenters. The first-order chi connectivity index (χ1) is 12.5. The molecule has 4 rings (SSSR count). The van der Waals surface area contributed by atoms with Gasteiger partial charge in [-0.05, 0) is 56.2 Å². The average molecular weight is 395 g/mol. The summed E-state index contributed by atoms with van der Waals surface area (Å²) in [4.78, 5) is 14.6. The van der Waals surface area contributed by atoms with Gasteiger partial charge in [-0.25, -0.2) is 0 Å². The molecule has 1 aromatic carbocycles. The van der Waals surface area contributed by atoms with Crippen molar-refractivity contribution in [2.45, 2.75) is 38.6 Å². The number of hydrogen-bond acceptors (Lipinski definition) is 5. The van der Waals surface area contributed by atoms with E-state index in [1.807, 2.05) is 11.8 Å². The van der Waals surface area contributed by atoms with Crippen molar-refractivity contribution in [3.63, 3.8) is 0 Å². The molecule has 2 heterocycles. The van der Waals surface area contributed by atoms with E-state index in [0.717, 1.165) is 25.9 Å². The lowest BCUT2D eigenvalue weighted by Crippen LogP contribution is -2.45. The van der Waals surface area contributed by atoms with Gasteiger partial charge in [0.25, 0.3) is 0 Å². The average Bonchev–Trinajstić information content (AvgIpc) is 3.22. The highest BCUT2D eigenvalue weighted by atomic mass is 35.5. The summed E-state index contributed by atoms with van der Waals surface area (Å²) in [6, 6.07) is 4.87. The van der Waals surface area contributed by atoms with Crippen LogP contribution in [0, 0.1) is 5.41 Å². The van der Waals surface area contributed by atoms with Crippen LogP contribution < -0.4 is 5.32 Å². The zero-order valence-electron chi connectivity index (χ0n) is 14.5. The number of aromatic nitrogens is 2. The number of piperidine rings is 1. The van der Waals surface area contributed by atoms with Crippen LogP contribution in [-0.4, -0.2) is 40.1 Å². The summed E-state index contributed by atoms with van der Waals surface area (Å²) in [5.74, 6) is 0.383. The lowest BCUT2D eigenvalue weighted by Gasteiger charge is -2.33. The summed E-state index contributed by atoms with van der Waals surface area (Å²) in [5, 5.41) is 11.9. The van der Waals surface area contributed by atoms with Crippen molar-refractivity contribution in [3.8, 4) is 11.5 Å². The topological polar surface area (TPSA) is 71.3 Å². The Labute approximate surface area is 161 Å². The van der Waals surface area contributed by atoms with Gasteiger partial charge in [-0.15, -0.1) is 5.10 Å². The number of carbonyl (C=O) groups is 1. The van der Waals surface area contributed by atoms with Crippen LogP contribution in [0.3, 0.4) is 0 Å². The van der Waals surface area contributed by atoms with Crippen LogP contribution in [0.2, 0.25) is 10.0 Å². The molecule has 2 fully saturated rings. The molecule has 0 radical (unpaired) electrons. The first-order valence-electron chi connectivity index (χ1n) is 8.80. The van der Waals surface area contributed by atoms with E-state index in [1.165, 1.54) is 12.8 Å². The van der Waals surface area contributed by atoms with Gasteiger partial charge in [-0.3, -0.25) is 4.79 Å². The van der Waals surface area contributed by atoms with Gasteiger partial charge in [0.1, 0.15) is 6.04 Å². The molecular weight excluding hydrogens is 375 g/mol. The number of likely N-dealkylation sites (tertiary alicyclic amines) is 1. The van der Waals surface area contributed by atoms with E-state index in [2.05, 4.69) is 15.5 Å². The SMILES string of the molecule is C[C@H](Nc1nnc(-c2ccc(Cl)c(Cl)c2)o1)C(=O)N1CCC2(CC1)CC2. The van der Waals surface area contributed by atoms with Crippen LogP contribution in [0.25, 0.3) is 11.5 Å². The zero-order chi connectivity index (χ0) is 18.3. The summed E-state index contributed by atoms with van der Waals surface area (Å²) in [6.07, 6.45) is 4.88. The van der Waals surface area contributed by atoms with E-state index in [1.54, 1.807) is 18.2 Å². The summed E-state index contributed by atoms with van der Waals surface area (Å²) in [5.41, 5.74) is 1.22. The lowest BCUT2D eigenvalue weighted by molar-refractivity contribution is -0.133. The maximum atomic E-state index is 12.6. The molecule has 1 N–H and O–H groups in total. The minimum atomic E-state index is -0.426. The monoisotopic (exact) mass is 394 g/mol. The number of anilines is 1. The van der Waals surface area contributed by atoms with Crippen molar-refractivity contribution in [2.75, 3.05) is 18.4 Å². The molecule has 26 heavy (non-hydrogen) atoms. The number of hydrogen-bond donors (Lipinski definition) is 1. The fraction of sp³-hybridized carbons (Fsp3) is 0.500. The van der Waals surface area contributed by atoms with E-state index in [9.17, 15) is 4.79 Å². The minimum Gasteiger partial charge on any atom is -0.403 e. The standard InChI is InChI=1S/C18H20Cl2N4O2/c1-11(16(25)24-8-6-18(4-5-18)7-9-24)21-17-23-22-15(26-17)12-2-3-13(19)14(20)10-12/h2-3,10-11H,4-9H2,1H3,(H,21,23)/t11-/m0/s1. The smallest absolute Gasteiger partial charge is 0.316 e. The highest BCUT2D eigenvalue weighted by molar-refractivity contribution is 6.42. The lowest BCUT2D eigenvalue weighted by atomic mass is 9.93. The highest BCUT2D eigenvalue weighted by Gasteiger charge is 2.45. The molecule has 1 aliphatic carbocycles. The third-order valence-electron chi connectivity index (χ3n) is 5.39. The van der Waals surface area contributed by atoms with Crippen LogP contribution in [0.5, 0.6) is 0 Å². The normalized spacial score (nSPS) is 19.4. The van der Waals surface area contributed by atoms with E-state index in [0.29, 0.717) is 26.9 Å². The highest BCUT2D eigenvalue weighted by Crippen LogP contribution is 2.53. The molecular formula is C18H20Cl2N4O2. The van der Waals surface area contributed by atoms with Crippen molar-refractivity contribution >= 4 is 35.1 Å². The summed E-state index contributed by atoms with van der Waals surface area (Å²) < 4.78 is 5.61. The zero-order valence-corrected chi connectivity index (χ0v) is 16.0. The molecule has 1 amide bonds. The van der Waals surface area contributed by atoms with Crippen LogP contribution in [-0.2, 0) is 4.79 Å². The number of halogens is 2. The van der Waals surface area contributed by atoms with Gasteiger partial charge in [-0.2, -0.15) is 0 Å². The maximum Gasteiger partial charge on any atom is 0.316 e. The Bertz CT molecular complexity index is 824. The molecule has 8 heteroatoms. The third kappa shape index (κ3) is 3.53. The first kappa shape index (κ1) is 17.6. The Morgan fingerprint density at radius 2 is 1.92 bits per heavy atom. The van der Waals surface area contributed by atoms with Crippen molar-refractivity contribution in [1.82, 2.24) is 15.1 Å². The quantitative estimate of drug-likeness (QED) is 0.838. The molecule has 2 aromatic rings. The van der Waals surface area contributed by atoms with E-state index < -0.39 is 6.04 Å². The number of amides is 1. The van der Waals surface area contributed by atoms with Crippen LogP contribution in [0.4, 0.5) is 6.01 Å². The van der Waals surface area contributed by atoms with Crippen LogP contribution >= 0.6 is 23.2 Å². The molecule has 1 aromatic heterocycles. The molecule has 1 saturated heterocycles. The second kappa shape index (κ2) is 6.74. The van der Waals surface area contributed by atoms with Crippen LogP contribution in [0.15, 0.2) is 22.6 Å². The Morgan fingerprint density at radius 1 is 1.19 bits per heavy atom. The van der Waals surface area contributed by atoms with E-state index >= 15 is 0 Å². The number of nitrogens with one attached hydrogen (secondary N) is 1. The number of rotatable bonds is 4. The minimum absolute atomic E-state index is 0.0646. The predicted molar refractivity (Wildman–Crippen MR) is 100 cm³/mol. The van der Waals surface area contributed by atoms with Gasteiger partial charge in [0.05, 0.1) is 10.0 Å². The molecule has 6 nitrogen and oxygen atoms in total. The summed E-state index contributed by atoms with van der Waals surface area (Å²) >= 11 is 11.9. The Kier molecular flexibility index (Phi) is 4.57. The van der Waals surface area contributed by atoms with E-state index in [-0.39, 0.29) is 11.9 Å². The predicted octanol–water partition coefficient (Wildman–Crippen LogP) is 4.25. The fourth-order valence-corrected chi connectivity index (χ4v) is 3.72. The van der Waals surface area contributed by atoms with Gasteiger partial charge in [0, 0.05) is 18.7 Å². The second-order valence-electron chi connectivity index (χ2n) is 7.23. The van der Waals surface area contributed by atoms with Gasteiger partial charge in [0.2, 0.25) is 11.8 Å². The first-order valence-corrected chi connectivity index (χ1v) is 9.56. The fourth-order valence-electron chi connectivity index (χ4n) is 3.43. The number of benzene rings is 1. The van der Waals surface area contributed by atoms with E-state index in [4.69, 9.17) is 27.6 Å². The largest absolute Gasteiger partial charge is 0.403 e. The van der Waals surface area contributed by atoms with Gasteiger partial charge < -0.3 is 14.6 Å². The van der Waals surface area contributed by atoms with Gasteiger partial charge in [-0.1, -0.05) is 28.3 Å². The molecule has 2 aliphatic rings. The Hall–Kier alpha value is -1.79. The van der Waals surface area contributed by atoms with Crippen molar-refractivity contribution in [1.29, 1.82) is 0 Å². The third-order valence-corrected chi connectivity index (χ3v) is 6.13. The Balaban J connectivity index is 1.38. The summed E-state index contributed by atoms with van der Waals surface area (Å²) in [7, 11) is 0. The van der Waals surface area contributed by atoms with Crippen molar-refractivity contribution < 1.29 is 9.21 Å². The molecule has 138 valence electrons. The van der Waals surface area contributed by atoms with Gasteiger partial charge >= 0.3 is 6.01 Å². The van der Waals surface area contributed by atoms with Crippen molar-refractivity contribution in [2.24, 2.45) is 5.41 Å². The number of carbonyl (C=O) groups excluding carboxylic acids is 1. The Morgan fingerprint density at radius 3 is 2.58 bits per heavy atom. The van der Waals surface area contributed by atoms with Crippen LogP contribution in [0.1, 0.15) is 32.6 Å². The molecule has 1 saturated carbocycles. The van der Waals surface area contributed by atoms with Gasteiger partial charge in [0.15, 0.2) is 0 Å². The molecule has 0 bridgehead atoms. The van der Waals surface area contributed by atoms with Crippen molar-refractivity contribution in [3.05, 3.63) is 28.2 Å². The summed E-state index contributed by atoms with van der Waals surface area (Å²) in [6.45, 7) is 3.49.